The topological polar surface area (TPSA) is 0 Å². The zero-order chi connectivity index (χ0) is 8.69. The Kier molecular flexibility index (Phi) is 10.3. The van der Waals surface area contributed by atoms with Gasteiger partial charge >= 0.3 is 0 Å². The van der Waals surface area contributed by atoms with E-state index in [9.17, 15) is 0 Å². The quantitative estimate of drug-likeness (QED) is 0.584. The molecule has 0 aliphatic carbocycles. The fraction of sp³-hybridized carbons (Fsp3) is 0.455. The lowest BCUT2D eigenvalue weighted by Gasteiger charge is -1.94. The molecule has 0 spiro atoms. The summed E-state index contributed by atoms with van der Waals surface area (Å²) in [7, 11) is 0. The molecule has 1 aromatic carbocycles. The third-order valence-electron chi connectivity index (χ3n) is 1.53. The highest BCUT2D eigenvalue weighted by Gasteiger charge is 1.84. The highest BCUT2D eigenvalue weighted by atomic mass is 31.0. The normalized spacial score (nSPS) is 7.67. The number of rotatable bonds is 1. The van der Waals surface area contributed by atoms with E-state index in [1.165, 1.54) is 11.1 Å². The molecule has 70 valence electrons. The van der Waals surface area contributed by atoms with Gasteiger partial charge in [-0.05, 0) is 18.9 Å². The van der Waals surface area contributed by atoms with Gasteiger partial charge in [-0.1, -0.05) is 50.6 Å². The standard InChI is InChI=1S/C9H12.C2H6.H3P/c1-3-9-6-4-8(2)5-7-9;1-2;/h4-7H,3H2,1-2H3;1-2H3;1H3. The van der Waals surface area contributed by atoms with E-state index in [4.69, 9.17) is 0 Å². The van der Waals surface area contributed by atoms with Crippen molar-refractivity contribution in [3.05, 3.63) is 35.4 Å². The summed E-state index contributed by atoms with van der Waals surface area (Å²) in [5.41, 5.74) is 2.76. The fourth-order valence-electron chi connectivity index (χ4n) is 0.824. The average Bonchev–Trinajstić information content (AvgIpc) is 2.10. The first-order chi connectivity index (χ1) is 5.33. The van der Waals surface area contributed by atoms with Crippen molar-refractivity contribution in [3.8, 4) is 0 Å². The van der Waals surface area contributed by atoms with Crippen LogP contribution in [0.1, 0.15) is 31.9 Å². The van der Waals surface area contributed by atoms with E-state index < -0.39 is 0 Å². The van der Waals surface area contributed by atoms with E-state index in [-0.39, 0.29) is 9.90 Å². The second-order valence-electron chi connectivity index (χ2n) is 2.34. The summed E-state index contributed by atoms with van der Waals surface area (Å²) in [4.78, 5) is 0. The van der Waals surface area contributed by atoms with Crippen LogP contribution < -0.4 is 0 Å². The minimum absolute atomic E-state index is 0. The molecular weight excluding hydrogens is 163 g/mol. The van der Waals surface area contributed by atoms with E-state index in [1.807, 2.05) is 13.8 Å². The van der Waals surface area contributed by atoms with Gasteiger partial charge in [-0.2, -0.15) is 9.90 Å². The van der Waals surface area contributed by atoms with Crippen molar-refractivity contribution < 1.29 is 0 Å². The molecule has 0 fully saturated rings. The monoisotopic (exact) mass is 184 g/mol. The Morgan fingerprint density at radius 1 is 1.00 bits per heavy atom. The largest absolute Gasteiger partial charge is 0.153 e. The van der Waals surface area contributed by atoms with Gasteiger partial charge in [-0.15, -0.1) is 0 Å². The molecule has 0 N–H and O–H groups in total. The third kappa shape index (κ3) is 5.32. The van der Waals surface area contributed by atoms with E-state index in [1.54, 1.807) is 0 Å². The van der Waals surface area contributed by atoms with Gasteiger partial charge in [-0.3, -0.25) is 0 Å². The van der Waals surface area contributed by atoms with Crippen molar-refractivity contribution in [2.75, 3.05) is 0 Å². The minimum atomic E-state index is 0. The van der Waals surface area contributed by atoms with Gasteiger partial charge in [-0.25, -0.2) is 0 Å². The maximum Gasteiger partial charge on any atom is -0.0307 e. The van der Waals surface area contributed by atoms with E-state index in [0.717, 1.165) is 6.42 Å². The average molecular weight is 184 g/mol. The molecule has 0 aromatic heterocycles. The van der Waals surface area contributed by atoms with Crippen LogP contribution >= 0.6 is 9.90 Å². The minimum Gasteiger partial charge on any atom is -0.153 e. The van der Waals surface area contributed by atoms with Crippen molar-refractivity contribution >= 4 is 9.90 Å². The van der Waals surface area contributed by atoms with Crippen LogP contribution in [0.3, 0.4) is 0 Å². The Balaban J connectivity index is 0. The van der Waals surface area contributed by atoms with Gasteiger partial charge in [0.05, 0.1) is 0 Å². The molecule has 0 radical (unpaired) electrons. The fourth-order valence-corrected chi connectivity index (χ4v) is 0.824. The van der Waals surface area contributed by atoms with Crippen LogP contribution in [0.2, 0.25) is 0 Å². The molecule has 0 bridgehead atoms. The number of hydrogen-bond acceptors (Lipinski definition) is 0. The Morgan fingerprint density at radius 2 is 1.42 bits per heavy atom. The van der Waals surface area contributed by atoms with Crippen LogP contribution in [-0.4, -0.2) is 0 Å². The Morgan fingerprint density at radius 3 is 1.75 bits per heavy atom. The number of benzene rings is 1. The predicted molar refractivity (Wildman–Crippen MR) is 63.0 cm³/mol. The van der Waals surface area contributed by atoms with Gasteiger partial charge in [0.1, 0.15) is 0 Å². The van der Waals surface area contributed by atoms with Gasteiger partial charge in [0.2, 0.25) is 0 Å². The summed E-state index contributed by atoms with van der Waals surface area (Å²) < 4.78 is 0. The van der Waals surface area contributed by atoms with Gasteiger partial charge in [0, 0.05) is 0 Å². The molecule has 0 heterocycles. The summed E-state index contributed by atoms with van der Waals surface area (Å²) in [6, 6.07) is 8.66. The predicted octanol–water partition coefficient (Wildman–Crippen LogP) is 3.64. The summed E-state index contributed by atoms with van der Waals surface area (Å²) in [6.07, 6.45) is 1.14. The second kappa shape index (κ2) is 8.74. The molecule has 0 nitrogen and oxygen atoms in total. The van der Waals surface area contributed by atoms with E-state index in [2.05, 4.69) is 38.1 Å². The van der Waals surface area contributed by atoms with E-state index in [0.29, 0.717) is 0 Å². The van der Waals surface area contributed by atoms with Crippen LogP contribution in [0, 0.1) is 6.92 Å². The van der Waals surface area contributed by atoms with Crippen molar-refractivity contribution in [2.45, 2.75) is 34.1 Å². The first kappa shape index (κ1) is 14.2. The Bertz CT molecular complexity index is 177. The molecular formula is C11H21P. The van der Waals surface area contributed by atoms with Crippen molar-refractivity contribution in [2.24, 2.45) is 0 Å². The van der Waals surface area contributed by atoms with Crippen LogP contribution in [0.5, 0.6) is 0 Å². The molecule has 0 amide bonds. The second-order valence-corrected chi connectivity index (χ2v) is 2.34. The Hall–Kier alpha value is -0.350. The lowest BCUT2D eigenvalue weighted by Crippen LogP contribution is -1.77. The zero-order valence-corrected chi connectivity index (χ0v) is 10.1. The van der Waals surface area contributed by atoms with Crippen molar-refractivity contribution in [1.82, 2.24) is 0 Å². The lowest BCUT2D eigenvalue weighted by atomic mass is 10.1. The SMILES string of the molecule is CC.CCc1ccc(C)cc1.P. The molecule has 0 aliphatic heterocycles. The summed E-state index contributed by atoms with van der Waals surface area (Å²) >= 11 is 0. The summed E-state index contributed by atoms with van der Waals surface area (Å²) in [5, 5.41) is 0. The summed E-state index contributed by atoms with van der Waals surface area (Å²) in [5.74, 6) is 0. The van der Waals surface area contributed by atoms with Gasteiger partial charge in [0.25, 0.3) is 0 Å². The number of hydrogen-bond donors (Lipinski definition) is 0. The smallest absolute Gasteiger partial charge is 0.0307 e. The zero-order valence-electron chi connectivity index (χ0n) is 8.72. The van der Waals surface area contributed by atoms with Crippen LogP contribution in [0.15, 0.2) is 24.3 Å². The molecule has 1 rings (SSSR count). The molecule has 1 aromatic rings. The first-order valence-electron chi connectivity index (χ1n) is 4.38. The van der Waals surface area contributed by atoms with Gasteiger partial charge in [0.15, 0.2) is 0 Å². The van der Waals surface area contributed by atoms with Crippen LogP contribution in [0.25, 0.3) is 0 Å². The summed E-state index contributed by atoms with van der Waals surface area (Å²) in [6.45, 7) is 8.28. The van der Waals surface area contributed by atoms with Crippen molar-refractivity contribution in [3.63, 3.8) is 0 Å². The number of aryl methyl sites for hydroxylation is 2. The molecule has 1 atom stereocenters. The molecule has 1 unspecified atom stereocenters. The maximum atomic E-state index is 2.18. The van der Waals surface area contributed by atoms with Gasteiger partial charge < -0.3 is 0 Å². The molecule has 0 saturated carbocycles. The first-order valence-corrected chi connectivity index (χ1v) is 4.38. The van der Waals surface area contributed by atoms with Crippen LogP contribution in [0.4, 0.5) is 0 Å². The molecule has 1 heteroatoms. The van der Waals surface area contributed by atoms with Crippen molar-refractivity contribution in [1.29, 1.82) is 0 Å². The maximum absolute atomic E-state index is 2.18. The highest BCUT2D eigenvalue weighted by molar-refractivity contribution is 6.92. The van der Waals surface area contributed by atoms with E-state index >= 15 is 0 Å². The molecule has 0 saturated heterocycles. The lowest BCUT2D eigenvalue weighted by molar-refractivity contribution is 1.14. The third-order valence-corrected chi connectivity index (χ3v) is 1.53. The van der Waals surface area contributed by atoms with Crippen LogP contribution in [-0.2, 0) is 6.42 Å². The molecule has 0 aliphatic rings. The Labute approximate surface area is 80.0 Å². The molecule has 12 heavy (non-hydrogen) atoms. The highest BCUT2D eigenvalue weighted by Crippen LogP contribution is 2.02.